The van der Waals surface area contributed by atoms with Crippen LogP contribution in [0.25, 0.3) is 0 Å². The van der Waals surface area contributed by atoms with E-state index in [-0.39, 0.29) is 0 Å². The first-order chi connectivity index (χ1) is 7.81. The lowest BCUT2D eigenvalue weighted by Crippen LogP contribution is -2.42. The van der Waals surface area contributed by atoms with E-state index in [2.05, 4.69) is 18.1 Å². The maximum atomic E-state index is 5.93. The molecule has 0 aromatic carbocycles. The molecule has 1 fully saturated rings. The molecule has 1 atom stereocenters. The second kappa shape index (κ2) is 8.37. The highest BCUT2D eigenvalue weighted by molar-refractivity contribution is 7.98. The van der Waals surface area contributed by atoms with Crippen LogP contribution in [-0.4, -0.2) is 42.6 Å². The van der Waals surface area contributed by atoms with Gasteiger partial charge < -0.3 is 5.73 Å². The summed E-state index contributed by atoms with van der Waals surface area (Å²) in [6.45, 7) is 5.64. The molecule has 1 aliphatic carbocycles. The van der Waals surface area contributed by atoms with Crippen molar-refractivity contribution >= 4 is 11.8 Å². The third-order valence-electron chi connectivity index (χ3n) is 3.37. The van der Waals surface area contributed by atoms with Crippen molar-refractivity contribution in [3.05, 3.63) is 0 Å². The first-order valence-corrected chi connectivity index (χ1v) is 8.14. The average Bonchev–Trinajstić information content (AvgIpc) is 3.08. The van der Waals surface area contributed by atoms with E-state index in [0.717, 1.165) is 12.5 Å². The zero-order valence-corrected chi connectivity index (χ0v) is 11.8. The fourth-order valence-electron chi connectivity index (χ4n) is 2.26. The lowest BCUT2D eigenvalue weighted by molar-refractivity contribution is 0.182. The number of nitrogens with two attached hydrogens (primary N) is 1. The van der Waals surface area contributed by atoms with Crippen LogP contribution in [0.15, 0.2) is 0 Å². The standard InChI is InChI=1S/C13H28N2S/c1-3-8-15(11-12-6-7-12)13(10-14)5-4-9-16-2/h12-13H,3-11,14H2,1-2H3. The van der Waals surface area contributed by atoms with Gasteiger partial charge in [0.1, 0.15) is 0 Å². The van der Waals surface area contributed by atoms with Crippen molar-refractivity contribution in [1.82, 2.24) is 4.90 Å². The van der Waals surface area contributed by atoms with E-state index in [0.29, 0.717) is 6.04 Å². The Morgan fingerprint density at radius 3 is 2.69 bits per heavy atom. The molecule has 0 aromatic heterocycles. The summed E-state index contributed by atoms with van der Waals surface area (Å²) >= 11 is 1.95. The van der Waals surface area contributed by atoms with E-state index in [4.69, 9.17) is 5.73 Å². The predicted octanol–water partition coefficient (Wildman–Crippen LogP) is 2.58. The molecule has 2 nitrogen and oxygen atoms in total. The van der Waals surface area contributed by atoms with Crippen LogP contribution in [0.1, 0.15) is 39.0 Å². The first-order valence-electron chi connectivity index (χ1n) is 6.74. The zero-order chi connectivity index (χ0) is 11.8. The molecule has 0 radical (unpaired) electrons. The monoisotopic (exact) mass is 244 g/mol. The van der Waals surface area contributed by atoms with Gasteiger partial charge in [-0.2, -0.15) is 11.8 Å². The third-order valence-corrected chi connectivity index (χ3v) is 4.07. The minimum absolute atomic E-state index is 0.632. The molecule has 96 valence electrons. The van der Waals surface area contributed by atoms with Crippen LogP contribution in [-0.2, 0) is 0 Å². The molecule has 0 heterocycles. The molecule has 0 aromatic rings. The van der Waals surface area contributed by atoms with E-state index in [9.17, 15) is 0 Å². The molecule has 16 heavy (non-hydrogen) atoms. The highest BCUT2D eigenvalue weighted by atomic mass is 32.2. The number of rotatable bonds is 10. The summed E-state index contributed by atoms with van der Waals surface area (Å²) in [5.74, 6) is 2.26. The molecule has 1 unspecified atom stereocenters. The summed E-state index contributed by atoms with van der Waals surface area (Å²) in [4.78, 5) is 2.65. The highest BCUT2D eigenvalue weighted by Crippen LogP contribution is 2.30. The van der Waals surface area contributed by atoms with Gasteiger partial charge in [0, 0.05) is 19.1 Å². The van der Waals surface area contributed by atoms with Crippen LogP contribution < -0.4 is 5.73 Å². The van der Waals surface area contributed by atoms with Crippen molar-refractivity contribution in [1.29, 1.82) is 0 Å². The van der Waals surface area contributed by atoms with Gasteiger partial charge in [0.05, 0.1) is 0 Å². The highest BCUT2D eigenvalue weighted by Gasteiger charge is 2.26. The molecule has 1 rings (SSSR count). The molecule has 1 aliphatic rings. The van der Waals surface area contributed by atoms with Crippen LogP contribution >= 0.6 is 11.8 Å². The Hall–Kier alpha value is 0.270. The van der Waals surface area contributed by atoms with Gasteiger partial charge in [0.25, 0.3) is 0 Å². The van der Waals surface area contributed by atoms with Gasteiger partial charge in [0.2, 0.25) is 0 Å². The second-order valence-corrected chi connectivity index (χ2v) is 5.95. The third kappa shape index (κ3) is 5.55. The fraction of sp³-hybridized carbons (Fsp3) is 1.00. The summed E-state index contributed by atoms with van der Waals surface area (Å²) in [6, 6.07) is 0.632. The van der Waals surface area contributed by atoms with E-state index in [1.165, 1.54) is 50.9 Å². The van der Waals surface area contributed by atoms with E-state index >= 15 is 0 Å². The number of nitrogens with zero attached hydrogens (tertiary/aromatic N) is 1. The molecular formula is C13H28N2S. The van der Waals surface area contributed by atoms with Crippen LogP contribution in [0.3, 0.4) is 0 Å². The largest absolute Gasteiger partial charge is 0.329 e. The predicted molar refractivity (Wildman–Crippen MR) is 75.0 cm³/mol. The maximum Gasteiger partial charge on any atom is 0.0218 e. The maximum absolute atomic E-state index is 5.93. The SMILES string of the molecule is CCCN(CC1CC1)C(CN)CCCSC. The normalized spacial score (nSPS) is 18.0. The van der Waals surface area contributed by atoms with E-state index < -0.39 is 0 Å². The van der Waals surface area contributed by atoms with Crippen molar-refractivity contribution < 1.29 is 0 Å². The topological polar surface area (TPSA) is 29.3 Å². The van der Waals surface area contributed by atoms with Crippen molar-refractivity contribution in [3.63, 3.8) is 0 Å². The van der Waals surface area contributed by atoms with Crippen molar-refractivity contribution in [2.45, 2.75) is 45.1 Å². The molecule has 3 heteroatoms. The first kappa shape index (κ1) is 14.3. The van der Waals surface area contributed by atoms with Gasteiger partial charge in [-0.15, -0.1) is 0 Å². The second-order valence-electron chi connectivity index (χ2n) is 4.96. The molecule has 0 saturated heterocycles. The lowest BCUT2D eigenvalue weighted by Gasteiger charge is -2.30. The summed E-state index contributed by atoms with van der Waals surface area (Å²) in [5, 5.41) is 0. The van der Waals surface area contributed by atoms with E-state index in [1.807, 2.05) is 11.8 Å². The lowest BCUT2D eigenvalue weighted by atomic mass is 10.1. The van der Waals surface area contributed by atoms with Crippen LogP contribution in [0, 0.1) is 5.92 Å². The molecule has 1 saturated carbocycles. The van der Waals surface area contributed by atoms with Gasteiger partial charge in [-0.3, -0.25) is 4.90 Å². The summed E-state index contributed by atoms with van der Waals surface area (Å²) in [5.41, 5.74) is 5.93. The Morgan fingerprint density at radius 2 is 2.19 bits per heavy atom. The minimum Gasteiger partial charge on any atom is -0.329 e. The molecular weight excluding hydrogens is 216 g/mol. The summed E-state index contributed by atoms with van der Waals surface area (Å²) < 4.78 is 0. The minimum atomic E-state index is 0.632. The molecule has 0 spiro atoms. The van der Waals surface area contributed by atoms with Gasteiger partial charge in [0.15, 0.2) is 0 Å². The van der Waals surface area contributed by atoms with Crippen LogP contribution in [0.2, 0.25) is 0 Å². The average molecular weight is 244 g/mol. The Balaban J connectivity index is 2.30. The Bertz CT molecular complexity index is 171. The van der Waals surface area contributed by atoms with Gasteiger partial charge in [-0.25, -0.2) is 0 Å². The van der Waals surface area contributed by atoms with Crippen LogP contribution in [0.5, 0.6) is 0 Å². The quantitative estimate of drug-likeness (QED) is 0.599. The molecule has 0 bridgehead atoms. The van der Waals surface area contributed by atoms with E-state index in [1.54, 1.807) is 0 Å². The summed E-state index contributed by atoms with van der Waals surface area (Å²) in [7, 11) is 0. The Kier molecular flexibility index (Phi) is 7.50. The zero-order valence-electron chi connectivity index (χ0n) is 11.0. The molecule has 0 aliphatic heterocycles. The van der Waals surface area contributed by atoms with Gasteiger partial charge in [-0.05, 0) is 56.6 Å². The Labute approximate surface area is 105 Å². The van der Waals surface area contributed by atoms with Crippen LogP contribution in [0.4, 0.5) is 0 Å². The van der Waals surface area contributed by atoms with Crippen molar-refractivity contribution in [2.75, 3.05) is 31.6 Å². The van der Waals surface area contributed by atoms with Gasteiger partial charge >= 0.3 is 0 Å². The number of hydrogen-bond donors (Lipinski definition) is 1. The number of hydrogen-bond acceptors (Lipinski definition) is 3. The summed E-state index contributed by atoms with van der Waals surface area (Å²) in [6.07, 6.45) is 8.93. The smallest absolute Gasteiger partial charge is 0.0218 e. The van der Waals surface area contributed by atoms with Gasteiger partial charge in [-0.1, -0.05) is 6.92 Å². The van der Waals surface area contributed by atoms with Crippen molar-refractivity contribution in [2.24, 2.45) is 11.7 Å². The fourth-order valence-corrected chi connectivity index (χ4v) is 2.71. The molecule has 2 N–H and O–H groups in total. The number of thioether (sulfide) groups is 1. The van der Waals surface area contributed by atoms with Crippen molar-refractivity contribution in [3.8, 4) is 0 Å². The molecule has 0 amide bonds. The Morgan fingerprint density at radius 1 is 1.44 bits per heavy atom.